The maximum Gasteiger partial charge on any atom is 0.279 e. The molecule has 0 radical (unpaired) electrons. The van der Waals surface area contributed by atoms with Crippen LogP contribution in [0.5, 0.6) is 5.75 Å². The molecule has 0 amide bonds. The van der Waals surface area contributed by atoms with Crippen molar-refractivity contribution in [2.75, 3.05) is 7.11 Å². The second kappa shape index (κ2) is 7.48. The summed E-state index contributed by atoms with van der Waals surface area (Å²) >= 11 is 0. The van der Waals surface area contributed by atoms with Crippen LogP contribution < -0.4 is 4.74 Å². The molecular formula is C22H20N2O3S. The van der Waals surface area contributed by atoms with E-state index in [0.29, 0.717) is 12.2 Å². The Balaban J connectivity index is 1.81. The predicted molar refractivity (Wildman–Crippen MR) is 109 cm³/mol. The SMILES string of the molecule is COc1cccc([C@H]2CC(c3ccccc3)=NN2S(=O)(=O)c2ccccc2)c1. The summed E-state index contributed by atoms with van der Waals surface area (Å²) in [5, 5.41) is 4.54. The molecule has 4 rings (SSSR count). The lowest BCUT2D eigenvalue weighted by Gasteiger charge is -2.23. The van der Waals surface area contributed by atoms with E-state index in [9.17, 15) is 8.42 Å². The van der Waals surface area contributed by atoms with Gasteiger partial charge in [-0.15, -0.1) is 0 Å². The number of methoxy groups -OCH3 is 1. The minimum absolute atomic E-state index is 0.223. The number of rotatable bonds is 5. The van der Waals surface area contributed by atoms with Gasteiger partial charge in [0.25, 0.3) is 10.0 Å². The third-order valence-electron chi connectivity index (χ3n) is 4.75. The van der Waals surface area contributed by atoms with Gasteiger partial charge in [0.05, 0.1) is 23.8 Å². The van der Waals surface area contributed by atoms with Gasteiger partial charge in [0, 0.05) is 6.42 Å². The van der Waals surface area contributed by atoms with Crippen molar-refractivity contribution in [1.82, 2.24) is 4.41 Å². The molecule has 0 aromatic heterocycles. The molecule has 0 spiro atoms. The summed E-state index contributed by atoms with van der Waals surface area (Å²) in [5.41, 5.74) is 2.50. The number of hydrogen-bond acceptors (Lipinski definition) is 4. The highest BCUT2D eigenvalue weighted by molar-refractivity contribution is 7.89. The smallest absolute Gasteiger partial charge is 0.279 e. The monoisotopic (exact) mass is 392 g/mol. The van der Waals surface area contributed by atoms with Crippen molar-refractivity contribution < 1.29 is 13.2 Å². The molecule has 0 aliphatic carbocycles. The van der Waals surface area contributed by atoms with E-state index in [1.807, 2.05) is 54.6 Å². The van der Waals surface area contributed by atoms with E-state index < -0.39 is 16.1 Å². The van der Waals surface area contributed by atoms with Crippen LogP contribution in [0.15, 0.2) is 94.9 Å². The summed E-state index contributed by atoms with van der Waals surface area (Å²) in [6.07, 6.45) is 0.489. The van der Waals surface area contributed by atoms with Crippen LogP contribution in [-0.4, -0.2) is 25.7 Å². The zero-order valence-corrected chi connectivity index (χ0v) is 16.2. The minimum atomic E-state index is -3.79. The lowest BCUT2D eigenvalue weighted by atomic mass is 9.99. The lowest BCUT2D eigenvalue weighted by Crippen LogP contribution is -2.27. The van der Waals surface area contributed by atoms with Crippen molar-refractivity contribution in [2.24, 2.45) is 5.10 Å². The molecule has 5 nitrogen and oxygen atoms in total. The van der Waals surface area contributed by atoms with E-state index in [2.05, 4.69) is 5.10 Å². The van der Waals surface area contributed by atoms with Gasteiger partial charge in [0.15, 0.2) is 0 Å². The Labute approximate surface area is 164 Å². The van der Waals surface area contributed by atoms with Crippen molar-refractivity contribution in [3.63, 3.8) is 0 Å². The van der Waals surface area contributed by atoms with Gasteiger partial charge in [-0.05, 0) is 35.4 Å². The zero-order valence-electron chi connectivity index (χ0n) is 15.4. The topological polar surface area (TPSA) is 59.0 Å². The van der Waals surface area contributed by atoms with Gasteiger partial charge >= 0.3 is 0 Å². The summed E-state index contributed by atoms with van der Waals surface area (Å²) in [6.45, 7) is 0. The molecule has 0 N–H and O–H groups in total. The lowest BCUT2D eigenvalue weighted by molar-refractivity contribution is 0.368. The molecule has 0 fully saturated rings. The molecule has 3 aromatic carbocycles. The standard InChI is InChI=1S/C22H20N2O3S/c1-27-19-12-8-11-18(15-19)22-16-21(17-9-4-2-5-10-17)23-24(22)28(25,26)20-13-6-3-7-14-20/h2-15,22H,16H2,1H3/t22-/m1/s1. The van der Waals surface area contributed by atoms with Gasteiger partial charge in [0.2, 0.25) is 0 Å². The highest BCUT2D eigenvalue weighted by Gasteiger charge is 2.37. The summed E-state index contributed by atoms with van der Waals surface area (Å²) in [5.74, 6) is 0.683. The first kappa shape index (κ1) is 18.3. The van der Waals surface area contributed by atoms with E-state index >= 15 is 0 Å². The minimum Gasteiger partial charge on any atom is -0.497 e. The van der Waals surface area contributed by atoms with E-state index in [-0.39, 0.29) is 4.90 Å². The second-order valence-corrected chi connectivity index (χ2v) is 8.30. The maximum absolute atomic E-state index is 13.3. The Morgan fingerprint density at radius 2 is 1.61 bits per heavy atom. The molecule has 6 heteroatoms. The van der Waals surface area contributed by atoms with Crippen LogP contribution in [0.1, 0.15) is 23.6 Å². The Morgan fingerprint density at radius 1 is 0.929 bits per heavy atom. The molecule has 0 saturated carbocycles. The van der Waals surface area contributed by atoms with Crippen LogP contribution in [-0.2, 0) is 10.0 Å². The van der Waals surface area contributed by atoms with Crippen molar-refractivity contribution in [3.05, 3.63) is 96.1 Å². The van der Waals surface area contributed by atoms with Gasteiger partial charge in [-0.3, -0.25) is 0 Å². The first-order chi connectivity index (χ1) is 13.6. The van der Waals surface area contributed by atoms with Crippen LogP contribution in [0, 0.1) is 0 Å². The third-order valence-corrected chi connectivity index (χ3v) is 6.44. The molecule has 142 valence electrons. The molecule has 1 aliphatic rings. The van der Waals surface area contributed by atoms with Gasteiger partial charge in [0.1, 0.15) is 5.75 Å². The highest BCUT2D eigenvalue weighted by atomic mass is 32.2. The van der Waals surface area contributed by atoms with Crippen molar-refractivity contribution in [3.8, 4) is 5.75 Å². The second-order valence-electron chi connectivity index (χ2n) is 6.50. The molecule has 0 saturated heterocycles. The van der Waals surface area contributed by atoms with E-state index in [0.717, 1.165) is 16.8 Å². The molecule has 0 unspecified atom stereocenters. The molecule has 0 bridgehead atoms. The Morgan fingerprint density at radius 3 is 2.29 bits per heavy atom. The van der Waals surface area contributed by atoms with Crippen LogP contribution in [0.2, 0.25) is 0 Å². The quantitative estimate of drug-likeness (QED) is 0.653. The summed E-state index contributed by atoms with van der Waals surface area (Å²) in [7, 11) is -2.20. The van der Waals surface area contributed by atoms with Crippen molar-refractivity contribution >= 4 is 15.7 Å². The largest absolute Gasteiger partial charge is 0.497 e. The number of benzene rings is 3. The predicted octanol–water partition coefficient (Wildman–Crippen LogP) is 4.24. The van der Waals surface area contributed by atoms with Crippen LogP contribution in [0.3, 0.4) is 0 Å². The fourth-order valence-corrected chi connectivity index (χ4v) is 4.77. The van der Waals surface area contributed by atoms with E-state index in [4.69, 9.17) is 4.74 Å². The average molecular weight is 392 g/mol. The summed E-state index contributed by atoms with van der Waals surface area (Å²) in [4.78, 5) is 0.223. The third kappa shape index (κ3) is 3.39. The van der Waals surface area contributed by atoms with E-state index in [1.54, 1.807) is 37.4 Å². The molecule has 28 heavy (non-hydrogen) atoms. The van der Waals surface area contributed by atoms with Gasteiger partial charge in [-0.1, -0.05) is 60.7 Å². The number of hydrazone groups is 1. The number of sulfonamides is 1. The number of nitrogens with zero attached hydrogens (tertiary/aromatic N) is 2. The fourth-order valence-electron chi connectivity index (χ4n) is 3.31. The number of ether oxygens (including phenoxy) is 1. The highest BCUT2D eigenvalue weighted by Crippen LogP contribution is 2.38. The Kier molecular flexibility index (Phi) is 4.88. The first-order valence-corrected chi connectivity index (χ1v) is 10.4. The maximum atomic E-state index is 13.3. The Hall–Kier alpha value is -3.12. The van der Waals surface area contributed by atoms with E-state index in [1.165, 1.54) is 4.41 Å². The fraction of sp³-hybridized carbons (Fsp3) is 0.136. The van der Waals surface area contributed by atoms with Crippen LogP contribution in [0.4, 0.5) is 0 Å². The molecule has 1 heterocycles. The van der Waals surface area contributed by atoms with Gasteiger partial charge in [-0.25, -0.2) is 0 Å². The number of hydrogen-bond donors (Lipinski definition) is 0. The summed E-state index contributed by atoms with van der Waals surface area (Å²) in [6, 6.07) is 25.1. The van der Waals surface area contributed by atoms with Crippen molar-refractivity contribution in [1.29, 1.82) is 0 Å². The van der Waals surface area contributed by atoms with Gasteiger partial charge in [-0.2, -0.15) is 17.9 Å². The molecule has 1 aliphatic heterocycles. The van der Waals surface area contributed by atoms with Crippen LogP contribution in [0.25, 0.3) is 0 Å². The normalized spacial score (nSPS) is 16.7. The Bertz CT molecular complexity index is 1100. The van der Waals surface area contributed by atoms with Crippen molar-refractivity contribution in [2.45, 2.75) is 17.4 Å². The molecule has 3 aromatic rings. The van der Waals surface area contributed by atoms with Gasteiger partial charge < -0.3 is 4.74 Å². The summed E-state index contributed by atoms with van der Waals surface area (Å²) < 4.78 is 33.2. The molecular weight excluding hydrogens is 372 g/mol. The first-order valence-electron chi connectivity index (χ1n) is 8.96. The zero-order chi connectivity index (χ0) is 19.6. The average Bonchev–Trinajstić information content (AvgIpc) is 3.21. The molecule has 1 atom stereocenters. The van der Waals surface area contributed by atoms with Crippen LogP contribution >= 0.6 is 0 Å².